The first kappa shape index (κ1) is 14.4. The van der Waals surface area contributed by atoms with E-state index in [0.717, 1.165) is 5.82 Å². The number of nitrogen functional groups attached to an aromatic ring is 1. The van der Waals surface area contributed by atoms with Gasteiger partial charge < -0.3 is 11.1 Å². The SMILES string of the molecule is Nc1c(C(=O)NCCCc2ncn[nH]2)cccc1[N+](=O)[O-]. The number of amides is 1. The first-order valence-corrected chi connectivity index (χ1v) is 6.25. The summed E-state index contributed by atoms with van der Waals surface area (Å²) < 4.78 is 0. The molecule has 0 radical (unpaired) electrons. The van der Waals surface area contributed by atoms with E-state index in [2.05, 4.69) is 20.5 Å². The van der Waals surface area contributed by atoms with Gasteiger partial charge in [-0.1, -0.05) is 6.07 Å². The lowest BCUT2D eigenvalue weighted by Crippen LogP contribution is -2.26. The Bertz CT molecular complexity index is 640. The van der Waals surface area contributed by atoms with E-state index >= 15 is 0 Å². The van der Waals surface area contributed by atoms with Gasteiger partial charge >= 0.3 is 0 Å². The molecule has 0 fully saturated rings. The van der Waals surface area contributed by atoms with E-state index in [1.54, 1.807) is 0 Å². The van der Waals surface area contributed by atoms with Crippen molar-refractivity contribution in [3.8, 4) is 0 Å². The summed E-state index contributed by atoms with van der Waals surface area (Å²) in [6.45, 7) is 0.404. The van der Waals surface area contributed by atoms with Crippen LogP contribution in [-0.2, 0) is 6.42 Å². The van der Waals surface area contributed by atoms with Crippen LogP contribution in [0, 0.1) is 10.1 Å². The molecule has 0 spiro atoms. The molecular formula is C12H14N6O3. The number of carbonyl (C=O) groups excluding carboxylic acids is 1. The zero-order valence-electron chi connectivity index (χ0n) is 11.1. The molecule has 0 saturated carbocycles. The number of H-pyrrole nitrogens is 1. The molecule has 1 amide bonds. The molecule has 0 aliphatic rings. The molecule has 1 heterocycles. The molecule has 2 aromatic rings. The number of nitrogens with zero attached hydrogens (tertiary/aromatic N) is 3. The number of nitrogens with two attached hydrogens (primary N) is 1. The number of anilines is 1. The van der Waals surface area contributed by atoms with Crippen LogP contribution in [0.1, 0.15) is 22.6 Å². The van der Waals surface area contributed by atoms with Gasteiger partial charge in [0.05, 0.1) is 10.5 Å². The molecule has 4 N–H and O–H groups in total. The number of para-hydroxylation sites is 1. The Morgan fingerprint density at radius 3 is 2.95 bits per heavy atom. The van der Waals surface area contributed by atoms with Gasteiger partial charge in [-0.05, 0) is 12.5 Å². The molecule has 1 aromatic heterocycles. The number of nitro benzene ring substituents is 1. The minimum atomic E-state index is -0.615. The molecule has 110 valence electrons. The van der Waals surface area contributed by atoms with Crippen molar-refractivity contribution in [1.29, 1.82) is 0 Å². The maximum atomic E-state index is 12.0. The van der Waals surface area contributed by atoms with E-state index in [4.69, 9.17) is 5.73 Å². The predicted molar refractivity (Wildman–Crippen MR) is 74.5 cm³/mol. The van der Waals surface area contributed by atoms with E-state index in [-0.39, 0.29) is 16.9 Å². The third-order valence-corrected chi connectivity index (χ3v) is 2.87. The summed E-state index contributed by atoms with van der Waals surface area (Å²) >= 11 is 0. The van der Waals surface area contributed by atoms with Gasteiger partial charge in [0.2, 0.25) is 0 Å². The van der Waals surface area contributed by atoms with Gasteiger partial charge in [0.1, 0.15) is 17.8 Å². The van der Waals surface area contributed by atoms with Crippen LogP contribution in [0.2, 0.25) is 0 Å². The van der Waals surface area contributed by atoms with Crippen molar-refractivity contribution in [3.05, 3.63) is 46.0 Å². The second kappa shape index (κ2) is 6.46. The van der Waals surface area contributed by atoms with E-state index in [1.165, 1.54) is 24.5 Å². The number of nitro groups is 1. The number of aryl methyl sites for hydroxylation is 1. The van der Waals surface area contributed by atoms with Gasteiger partial charge in [-0.25, -0.2) is 4.98 Å². The van der Waals surface area contributed by atoms with E-state index in [9.17, 15) is 14.9 Å². The Morgan fingerprint density at radius 1 is 1.48 bits per heavy atom. The van der Waals surface area contributed by atoms with Crippen molar-refractivity contribution in [1.82, 2.24) is 20.5 Å². The van der Waals surface area contributed by atoms with Crippen LogP contribution in [0.4, 0.5) is 11.4 Å². The fraction of sp³-hybridized carbons (Fsp3) is 0.250. The Labute approximate surface area is 119 Å². The third kappa shape index (κ3) is 3.53. The summed E-state index contributed by atoms with van der Waals surface area (Å²) in [7, 11) is 0. The number of hydrogen-bond donors (Lipinski definition) is 3. The fourth-order valence-corrected chi connectivity index (χ4v) is 1.81. The van der Waals surface area contributed by atoms with Crippen LogP contribution in [-0.4, -0.2) is 32.6 Å². The smallest absolute Gasteiger partial charge is 0.292 e. The lowest BCUT2D eigenvalue weighted by Gasteiger charge is -2.07. The standard InChI is InChI=1S/C12H14N6O3/c13-11-8(3-1-4-9(11)18(20)21)12(19)14-6-2-5-10-15-7-16-17-10/h1,3-4,7H,2,5-6,13H2,(H,14,19)(H,15,16,17). The number of aromatic nitrogens is 3. The molecule has 21 heavy (non-hydrogen) atoms. The minimum Gasteiger partial charge on any atom is -0.393 e. The summed E-state index contributed by atoms with van der Waals surface area (Å²) in [5, 5.41) is 19.9. The summed E-state index contributed by atoms with van der Waals surface area (Å²) in [5.74, 6) is 0.299. The summed E-state index contributed by atoms with van der Waals surface area (Å²) in [4.78, 5) is 26.1. The van der Waals surface area contributed by atoms with Crippen LogP contribution in [0.15, 0.2) is 24.5 Å². The van der Waals surface area contributed by atoms with E-state index < -0.39 is 10.8 Å². The summed E-state index contributed by atoms with van der Waals surface area (Å²) in [5.41, 5.74) is 5.34. The van der Waals surface area contributed by atoms with Crippen LogP contribution < -0.4 is 11.1 Å². The molecule has 0 unspecified atom stereocenters. The molecule has 0 saturated heterocycles. The normalized spacial score (nSPS) is 10.3. The second-order valence-corrected chi connectivity index (χ2v) is 4.29. The molecule has 1 aromatic carbocycles. The van der Waals surface area contributed by atoms with Crippen LogP contribution in [0.25, 0.3) is 0 Å². The highest BCUT2D eigenvalue weighted by Gasteiger charge is 2.18. The Hall–Kier alpha value is -2.97. The van der Waals surface area contributed by atoms with E-state index in [1.807, 2.05) is 0 Å². The van der Waals surface area contributed by atoms with Gasteiger partial charge in [-0.15, -0.1) is 0 Å². The third-order valence-electron chi connectivity index (χ3n) is 2.87. The molecule has 0 aliphatic heterocycles. The number of benzene rings is 1. The van der Waals surface area contributed by atoms with Crippen LogP contribution in [0.3, 0.4) is 0 Å². The Balaban J connectivity index is 1.91. The highest BCUT2D eigenvalue weighted by Crippen LogP contribution is 2.24. The second-order valence-electron chi connectivity index (χ2n) is 4.29. The summed E-state index contributed by atoms with van der Waals surface area (Å²) in [6.07, 6.45) is 2.72. The lowest BCUT2D eigenvalue weighted by molar-refractivity contribution is -0.383. The molecule has 0 bridgehead atoms. The van der Waals surface area contributed by atoms with Gasteiger partial charge in [-0.3, -0.25) is 20.0 Å². The number of nitrogens with one attached hydrogen (secondary N) is 2. The minimum absolute atomic E-state index is 0.101. The molecule has 0 atom stereocenters. The predicted octanol–water partition coefficient (Wildman–Crippen LogP) is 0.658. The number of aromatic amines is 1. The lowest BCUT2D eigenvalue weighted by atomic mass is 10.1. The summed E-state index contributed by atoms with van der Waals surface area (Å²) in [6, 6.07) is 4.14. The highest BCUT2D eigenvalue weighted by atomic mass is 16.6. The van der Waals surface area contributed by atoms with Crippen molar-refractivity contribution in [2.24, 2.45) is 0 Å². The van der Waals surface area contributed by atoms with Crippen molar-refractivity contribution < 1.29 is 9.72 Å². The van der Waals surface area contributed by atoms with Crippen molar-refractivity contribution in [2.75, 3.05) is 12.3 Å². The number of carbonyl (C=O) groups is 1. The van der Waals surface area contributed by atoms with Gasteiger partial charge in [0, 0.05) is 19.0 Å². The first-order chi connectivity index (χ1) is 10.1. The average molecular weight is 290 g/mol. The fourth-order valence-electron chi connectivity index (χ4n) is 1.81. The molecule has 2 rings (SSSR count). The van der Waals surface area contributed by atoms with Crippen LogP contribution in [0.5, 0.6) is 0 Å². The number of rotatable bonds is 6. The Kier molecular flexibility index (Phi) is 4.44. The van der Waals surface area contributed by atoms with Crippen molar-refractivity contribution in [2.45, 2.75) is 12.8 Å². The van der Waals surface area contributed by atoms with Gasteiger partial charge in [-0.2, -0.15) is 5.10 Å². The molecule has 9 heteroatoms. The quantitative estimate of drug-likeness (QED) is 0.309. The zero-order valence-corrected chi connectivity index (χ0v) is 11.1. The highest BCUT2D eigenvalue weighted by molar-refractivity contribution is 6.00. The van der Waals surface area contributed by atoms with Gasteiger partial charge in [0.15, 0.2) is 0 Å². The average Bonchev–Trinajstić information content (AvgIpc) is 2.96. The number of hydrogen-bond acceptors (Lipinski definition) is 6. The molecule has 0 aliphatic carbocycles. The Morgan fingerprint density at radius 2 is 2.29 bits per heavy atom. The maximum absolute atomic E-state index is 12.0. The monoisotopic (exact) mass is 290 g/mol. The first-order valence-electron chi connectivity index (χ1n) is 6.25. The van der Waals surface area contributed by atoms with Crippen LogP contribution >= 0.6 is 0 Å². The largest absolute Gasteiger partial charge is 0.393 e. The topological polar surface area (TPSA) is 140 Å². The van der Waals surface area contributed by atoms with Crippen molar-refractivity contribution >= 4 is 17.3 Å². The molecule has 9 nitrogen and oxygen atoms in total. The van der Waals surface area contributed by atoms with E-state index in [0.29, 0.717) is 19.4 Å². The zero-order chi connectivity index (χ0) is 15.2. The maximum Gasteiger partial charge on any atom is 0.292 e. The van der Waals surface area contributed by atoms with Crippen molar-refractivity contribution in [3.63, 3.8) is 0 Å². The molecular weight excluding hydrogens is 276 g/mol. The van der Waals surface area contributed by atoms with Gasteiger partial charge in [0.25, 0.3) is 11.6 Å².